The van der Waals surface area contributed by atoms with E-state index in [2.05, 4.69) is 0 Å². The number of Topliss-reactive ketones (excluding diaryl/α,β-unsaturated/α-hetero) is 2. The molecule has 1 aliphatic carbocycles. The number of hydrogen-bond acceptors (Lipinski definition) is 4. The molecule has 0 bridgehead atoms. The summed E-state index contributed by atoms with van der Waals surface area (Å²) in [6.45, 7) is 0. The van der Waals surface area contributed by atoms with Crippen molar-refractivity contribution < 1.29 is 40.4 Å². The lowest BCUT2D eigenvalue weighted by molar-refractivity contribution is 0.0990. The highest BCUT2D eigenvalue weighted by molar-refractivity contribution is 6.42. The molecule has 0 fully saturated rings. The fraction of sp³-hybridized carbons (Fsp3) is 0. The Kier molecular flexibility index (Phi) is 4.35. The zero-order chi connectivity index (χ0) is 24.6. The fourth-order valence-electron chi connectivity index (χ4n) is 4.15. The second-order valence-electron chi connectivity index (χ2n) is 7.89. The number of ketones is 2. The van der Waals surface area contributed by atoms with E-state index in [4.69, 9.17) is 8.83 Å². The summed E-state index contributed by atoms with van der Waals surface area (Å²) in [5.41, 5.74) is -1.05. The van der Waals surface area contributed by atoms with Crippen molar-refractivity contribution in [3.63, 3.8) is 0 Å². The van der Waals surface area contributed by atoms with Gasteiger partial charge in [0.1, 0.15) is 11.5 Å². The Morgan fingerprint density at radius 3 is 1.69 bits per heavy atom. The van der Waals surface area contributed by atoms with E-state index in [0.717, 1.165) is 16.8 Å². The van der Waals surface area contributed by atoms with Crippen molar-refractivity contribution in [2.24, 2.45) is 0 Å². The van der Waals surface area contributed by atoms with Crippen molar-refractivity contribution in [3.8, 4) is 11.3 Å². The lowest BCUT2D eigenvalue weighted by Gasteiger charge is -2.05. The normalized spacial score (nSPS) is 13.3. The molecule has 1 aliphatic rings. The van der Waals surface area contributed by atoms with Gasteiger partial charge in [-0.15, -0.1) is 0 Å². The maximum absolute atomic E-state index is 14.1. The maximum Gasteiger partial charge on any atom is 0.200 e. The van der Waals surface area contributed by atoms with Gasteiger partial charge in [0, 0.05) is 23.3 Å². The van der Waals surface area contributed by atoms with Crippen molar-refractivity contribution in [2.75, 3.05) is 0 Å². The fourth-order valence-corrected chi connectivity index (χ4v) is 4.15. The number of furan rings is 2. The van der Waals surface area contributed by atoms with Crippen LogP contribution < -0.4 is 0 Å². The Morgan fingerprint density at radius 1 is 0.629 bits per heavy atom. The number of benzene rings is 3. The first-order valence-electron chi connectivity index (χ1n) is 10.1. The maximum atomic E-state index is 14.1. The number of allylic oxidation sites excluding steroid dienone is 1. The Hall–Kier alpha value is -4.53. The minimum Gasteiger partial charge on any atom is -0.453 e. The highest BCUT2D eigenvalue weighted by Crippen LogP contribution is 2.37. The average Bonchev–Trinajstić information content (AvgIpc) is 3.48. The molecule has 0 aliphatic heterocycles. The first-order valence-corrected chi connectivity index (χ1v) is 10.1. The van der Waals surface area contributed by atoms with E-state index in [1.165, 1.54) is 12.1 Å². The number of carbonyl (C=O) groups excluding carboxylic acids is 2. The van der Waals surface area contributed by atoms with Crippen LogP contribution in [-0.2, 0) is 0 Å². The quantitative estimate of drug-likeness (QED) is 0.0897. The molecule has 2 aromatic heterocycles. The monoisotopic (exact) mass is 480 g/mol. The van der Waals surface area contributed by atoms with Crippen molar-refractivity contribution in [1.29, 1.82) is 0 Å². The molecule has 0 amide bonds. The molecule has 4 nitrogen and oxygen atoms in total. The van der Waals surface area contributed by atoms with Crippen LogP contribution in [0, 0.1) is 29.1 Å². The van der Waals surface area contributed by atoms with Crippen LogP contribution in [0.25, 0.3) is 39.3 Å². The second-order valence-corrected chi connectivity index (χ2v) is 7.89. The zero-order valence-electron chi connectivity index (χ0n) is 17.2. The molecule has 0 spiro atoms. The molecule has 35 heavy (non-hydrogen) atoms. The van der Waals surface area contributed by atoms with Crippen LogP contribution in [0.1, 0.15) is 26.5 Å². The standard InChI is InChI=1S/C26H9F5O4/c27-20-19(21(28)23(30)24(31)22(20)29)18-9-17-16(35-18)8-12(34-17)7-15-25(32)13-5-10-3-1-2-4-11(10)6-14(13)26(15)33/h1-9H. The lowest BCUT2D eigenvalue weighted by Crippen LogP contribution is -2.03. The van der Waals surface area contributed by atoms with Crippen molar-refractivity contribution >= 4 is 39.6 Å². The Balaban J connectivity index is 1.40. The molecule has 172 valence electrons. The number of fused-ring (bicyclic) bond motifs is 3. The summed E-state index contributed by atoms with van der Waals surface area (Å²) in [7, 11) is 0. The van der Waals surface area contributed by atoms with Crippen LogP contribution in [0.2, 0.25) is 0 Å². The molecule has 0 saturated heterocycles. The van der Waals surface area contributed by atoms with Gasteiger partial charge in [-0.1, -0.05) is 24.3 Å². The highest BCUT2D eigenvalue weighted by Gasteiger charge is 2.34. The highest BCUT2D eigenvalue weighted by atomic mass is 19.2. The van der Waals surface area contributed by atoms with E-state index >= 15 is 0 Å². The summed E-state index contributed by atoms with van der Waals surface area (Å²) in [6, 6.07) is 12.7. The van der Waals surface area contributed by atoms with Crippen LogP contribution in [0.15, 0.2) is 62.9 Å². The predicted molar refractivity (Wildman–Crippen MR) is 114 cm³/mol. The van der Waals surface area contributed by atoms with E-state index in [0.29, 0.717) is 0 Å². The summed E-state index contributed by atoms with van der Waals surface area (Å²) >= 11 is 0. The van der Waals surface area contributed by atoms with Gasteiger partial charge < -0.3 is 8.83 Å². The molecule has 6 rings (SSSR count). The molecule has 0 radical (unpaired) electrons. The van der Waals surface area contributed by atoms with E-state index in [1.807, 2.05) is 24.3 Å². The third kappa shape index (κ3) is 2.97. The van der Waals surface area contributed by atoms with Crippen LogP contribution in [0.3, 0.4) is 0 Å². The average molecular weight is 480 g/mol. The molecular formula is C26H9F5O4. The third-order valence-corrected chi connectivity index (χ3v) is 5.83. The summed E-state index contributed by atoms with van der Waals surface area (Å²) in [6.07, 6.45) is 1.21. The number of hydrogen-bond donors (Lipinski definition) is 0. The second kappa shape index (κ2) is 7.23. The Labute approximate surface area is 191 Å². The summed E-state index contributed by atoms with van der Waals surface area (Å²) < 4.78 is 79.3. The largest absolute Gasteiger partial charge is 0.453 e. The van der Waals surface area contributed by atoms with Gasteiger partial charge in [0.2, 0.25) is 5.82 Å². The van der Waals surface area contributed by atoms with Gasteiger partial charge in [0.05, 0.1) is 11.1 Å². The van der Waals surface area contributed by atoms with Gasteiger partial charge in [0.25, 0.3) is 0 Å². The van der Waals surface area contributed by atoms with Crippen LogP contribution in [0.5, 0.6) is 0 Å². The van der Waals surface area contributed by atoms with Crippen LogP contribution in [-0.4, -0.2) is 11.6 Å². The predicted octanol–water partition coefficient (Wildman–Crippen LogP) is 7.00. The molecule has 0 unspecified atom stereocenters. The van der Waals surface area contributed by atoms with Gasteiger partial charge in [-0.25, -0.2) is 22.0 Å². The van der Waals surface area contributed by atoms with E-state index < -0.39 is 52.0 Å². The van der Waals surface area contributed by atoms with E-state index in [9.17, 15) is 31.5 Å². The molecule has 0 N–H and O–H groups in total. The van der Waals surface area contributed by atoms with Gasteiger partial charge >= 0.3 is 0 Å². The van der Waals surface area contributed by atoms with Gasteiger partial charge in [-0.2, -0.15) is 0 Å². The molecule has 9 heteroatoms. The minimum atomic E-state index is -2.28. The van der Waals surface area contributed by atoms with Crippen molar-refractivity contribution in [2.45, 2.75) is 0 Å². The van der Waals surface area contributed by atoms with Gasteiger partial charge in [-0.05, 0) is 29.0 Å². The van der Waals surface area contributed by atoms with E-state index in [1.54, 1.807) is 12.1 Å². The minimum absolute atomic E-state index is 0.0248. The van der Waals surface area contributed by atoms with Crippen molar-refractivity contribution in [3.05, 3.63) is 100 Å². The Morgan fingerprint density at radius 2 is 1.14 bits per heavy atom. The zero-order valence-corrected chi connectivity index (χ0v) is 17.2. The smallest absolute Gasteiger partial charge is 0.200 e. The molecule has 2 heterocycles. The van der Waals surface area contributed by atoms with Gasteiger partial charge in [-0.3, -0.25) is 9.59 Å². The molecule has 3 aromatic carbocycles. The number of rotatable bonds is 2. The Bertz CT molecular complexity index is 1670. The lowest BCUT2D eigenvalue weighted by atomic mass is 10.0. The molecule has 0 atom stereocenters. The summed E-state index contributed by atoms with van der Waals surface area (Å²) in [5, 5.41) is 1.59. The van der Waals surface area contributed by atoms with Gasteiger partial charge in [0.15, 0.2) is 46.0 Å². The number of carbonyl (C=O) groups is 2. The first kappa shape index (κ1) is 21.0. The number of halogens is 5. The third-order valence-electron chi connectivity index (χ3n) is 5.83. The molecule has 0 saturated carbocycles. The first-order chi connectivity index (χ1) is 16.7. The molecule has 5 aromatic rings. The molecular weight excluding hydrogens is 471 g/mol. The topological polar surface area (TPSA) is 60.4 Å². The van der Waals surface area contributed by atoms with Crippen LogP contribution >= 0.6 is 0 Å². The SMILES string of the molecule is O=C1C(=Cc2cc3oc(-c4c(F)c(F)c(F)c(F)c4F)cc3o2)C(=O)c2cc3ccccc3cc21. The van der Waals surface area contributed by atoms with E-state index in [-0.39, 0.29) is 33.6 Å². The van der Waals surface area contributed by atoms with Crippen LogP contribution in [0.4, 0.5) is 22.0 Å². The summed E-state index contributed by atoms with van der Waals surface area (Å²) in [5.74, 6) is -12.2. The summed E-state index contributed by atoms with van der Waals surface area (Å²) in [4.78, 5) is 25.7. The van der Waals surface area contributed by atoms with Crippen molar-refractivity contribution in [1.82, 2.24) is 0 Å².